The molecule has 1 aromatic heterocycles. The molecule has 104 valence electrons. The highest BCUT2D eigenvalue weighted by atomic mass is 16.5. The van der Waals surface area contributed by atoms with Gasteiger partial charge in [-0.3, -0.25) is 9.78 Å². The maximum absolute atomic E-state index is 12.2. The van der Waals surface area contributed by atoms with Gasteiger partial charge in [0.15, 0.2) is 0 Å². The van der Waals surface area contributed by atoms with Crippen molar-refractivity contribution in [3.63, 3.8) is 0 Å². The van der Waals surface area contributed by atoms with E-state index in [1.807, 2.05) is 4.90 Å². The molecule has 5 nitrogen and oxygen atoms in total. The number of hydrogen-bond acceptors (Lipinski definition) is 4. The average Bonchev–Trinajstić information content (AvgIpc) is 2.48. The average molecular weight is 264 g/mol. The molecule has 5 heteroatoms. The minimum atomic E-state index is 0.0812. The molecule has 0 aromatic carbocycles. The van der Waals surface area contributed by atoms with Crippen molar-refractivity contribution >= 4 is 5.91 Å². The highest BCUT2D eigenvalue weighted by Crippen LogP contribution is 2.16. The second-order valence-electron chi connectivity index (χ2n) is 4.59. The van der Waals surface area contributed by atoms with Crippen LogP contribution >= 0.6 is 0 Å². The predicted octanol–water partition coefficient (Wildman–Crippen LogP) is 1.35. The number of piperidine rings is 1. The molecular formula is C14H20N2O3. The van der Waals surface area contributed by atoms with E-state index in [0.29, 0.717) is 18.8 Å². The summed E-state index contributed by atoms with van der Waals surface area (Å²) in [4.78, 5) is 18.0. The van der Waals surface area contributed by atoms with Crippen molar-refractivity contribution in [1.82, 2.24) is 9.88 Å². The molecule has 1 aromatic rings. The third kappa shape index (κ3) is 4.01. The minimum Gasteiger partial charge on any atom is -0.382 e. The Morgan fingerprint density at radius 3 is 2.63 bits per heavy atom. The van der Waals surface area contributed by atoms with Crippen molar-refractivity contribution in [1.29, 1.82) is 0 Å². The highest BCUT2D eigenvalue weighted by molar-refractivity contribution is 5.94. The van der Waals surface area contributed by atoms with Crippen molar-refractivity contribution in [2.75, 3.05) is 33.4 Å². The van der Waals surface area contributed by atoms with Crippen molar-refractivity contribution in [2.24, 2.45) is 0 Å². The quantitative estimate of drug-likeness (QED) is 0.753. The Bertz CT molecular complexity index is 389. The Hall–Kier alpha value is -1.46. The first-order chi connectivity index (χ1) is 9.31. The van der Waals surface area contributed by atoms with Crippen molar-refractivity contribution in [2.45, 2.75) is 18.9 Å². The van der Waals surface area contributed by atoms with E-state index in [4.69, 9.17) is 9.47 Å². The van der Waals surface area contributed by atoms with Gasteiger partial charge in [-0.1, -0.05) is 0 Å². The fourth-order valence-corrected chi connectivity index (χ4v) is 2.20. The number of carbonyl (C=O) groups is 1. The number of aromatic nitrogens is 1. The molecule has 19 heavy (non-hydrogen) atoms. The van der Waals surface area contributed by atoms with Crippen LogP contribution in [-0.4, -0.2) is 55.3 Å². The summed E-state index contributed by atoms with van der Waals surface area (Å²) in [5.74, 6) is 0.0812. The lowest BCUT2D eigenvalue weighted by molar-refractivity contribution is -0.0122. The van der Waals surface area contributed by atoms with Gasteiger partial charge in [0.1, 0.15) is 0 Å². The Morgan fingerprint density at radius 2 is 2.00 bits per heavy atom. The first-order valence-corrected chi connectivity index (χ1v) is 6.61. The van der Waals surface area contributed by atoms with E-state index in [9.17, 15) is 4.79 Å². The van der Waals surface area contributed by atoms with Gasteiger partial charge in [-0.15, -0.1) is 0 Å². The summed E-state index contributed by atoms with van der Waals surface area (Å²) in [6.45, 7) is 2.74. The SMILES string of the molecule is COCCOC1CCN(C(=O)c2ccncc2)CC1. The molecule has 0 spiro atoms. The van der Waals surface area contributed by atoms with Crippen LogP contribution in [0.25, 0.3) is 0 Å². The summed E-state index contributed by atoms with van der Waals surface area (Å²) in [7, 11) is 1.67. The molecule has 1 aliphatic heterocycles. The van der Waals surface area contributed by atoms with E-state index in [1.54, 1.807) is 31.6 Å². The van der Waals surface area contributed by atoms with E-state index < -0.39 is 0 Å². The van der Waals surface area contributed by atoms with Crippen molar-refractivity contribution in [3.8, 4) is 0 Å². The molecule has 1 aliphatic rings. The van der Waals surface area contributed by atoms with Crippen LogP contribution < -0.4 is 0 Å². The lowest BCUT2D eigenvalue weighted by Crippen LogP contribution is -2.41. The fraction of sp³-hybridized carbons (Fsp3) is 0.571. The van der Waals surface area contributed by atoms with Gasteiger partial charge in [0.25, 0.3) is 5.91 Å². The van der Waals surface area contributed by atoms with E-state index in [0.717, 1.165) is 25.9 Å². The molecule has 1 amide bonds. The van der Waals surface area contributed by atoms with Crippen LogP contribution in [0.4, 0.5) is 0 Å². The largest absolute Gasteiger partial charge is 0.382 e. The smallest absolute Gasteiger partial charge is 0.253 e. The van der Waals surface area contributed by atoms with Crippen LogP contribution in [0.2, 0.25) is 0 Å². The molecule has 0 radical (unpaired) electrons. The molecule has 0 aliphatic carbocycles. The summed E-state index contributed by atoms with van der Waals surface area (Å²) in [5, 5.41) is 0. The summed E-state index contributed by atoms with van der Waals surface area (Å²) in [6, 6.07) is 3.51. The first kappa shape index (κ1) is 14.0. The third-order valence-electron chi connectivity index (χ3n) is 3.30. The van der Waals surface area contributed by atoms with Gasteiger partial charge in [0.05, 0.1) is 19.3 Å². The minimum absolute atomic E-state index is 0.0812. The number of hydrogen-bond donors (Lipinski definition) is 0. The number of likely N-dealkylation sites (tertiary alicyclic amines) is 1. The zero-order chi connectivity index (χ0) is 13.5. The summed E-state index contributed by atoms with van der Waals surface area (Å²) in [5.41, 5.74) is 0.703. The number of carbonyl (C=O) groups excluding carboxylic acids is 1. The second-order valence-corrected chi connectivity index (χ2v) is 4.59. The molecule has 0 atom stereocenters. The van der Waals surface area contributed by atoms with E-state index >= 15 is 0 Å². The maximum atomic E-state index is 12.2. The lowest BCUT2D eigenvalue weighted by Gasteiger charge is -2.32. The third-order valence-corrected chi connectivity index (χ3v) is 3.30. The number of ether oxygens (including phenoxy) is 2. The van der Waals surface area contributed by atoms with Crippen molar-refractivity contribution in [3.05, 3.63) is 30.1 Å². The number of nitrogens with zero attached hydrogens (tertiary/aromatic N) is 2. The van der Waals surface area contributed by atoms with Crippen LogP contribution in [0.15, 0.2) is 24.5 Å². The standard InChI is InChI=1S/C14H20N2O3/c1-18-10-11-19-13-4-8-16(9-5-13)14(17)12-2-6-15-7-3-12/h2-3,6-7,13H,4-5,8-11H2,1H3. The first-order valence-electron chi connectivity index (χ1n) is 6.61. The number of methoxy groups -OCH3 is 1. The van der Waals surface area contributed by atoms with E-state index in [-0.39, 0.29) is 12.0 Å². The molecular weight excluding hydrogens is 244 g/mol. The monoisotopic (exact) mass is 264 g/mol. The number of amides is 1. The molecule has 2 heterocycles. The van der Waals surface area contributed by atoms with Gasteiger partial charge in [-0.25, -0.2) is 0 Å². The van der Waals surface area contributed by atoms with Gasteiger partial charge < -0.3 is 14.4 Å². The van der Waals surface area contributed by atoms with E-state index in [2.05, 4.69) is 4.98 Å². The molecule has 0 bridgehead atoms. The van der Waals surface area contributed by atoms with Crippen LogP contribution in [0.3, 0.4) is 0 Å². The van der Waals surface area contributed by atoms with Crippen molar-refractivity contribution < 1.29 is 14.3 Å². The molecule has 2 rings (SSSR count). The van der Waals surface area contributed by atoms with Gasteiger partial charge in [-0.2, -0.15) is 0 Å². The van der Waals surface area contributed by atoms with Crippen LogP contribution in [0.5, 0.6) is 0 Å². The Kier molecular flexibility index (Phi) is 5.30. The van der Waals surface area contributed by atoms with E-state index in [1.165, 1.54) is 0 Å². The topological polar surface area (TPSA) is 51.7 Å². The molecule has 1 saturated heterocycles. The molecule has 1 fully saturated rings. The Morgan fingerprint density at radius 1 is 1.32 bits per heavy atom. The van der Waals surface area contributed by atoms with Gasteiger partial charge in [-0.05, 0) is 25.0 Å². The van der Waals surface area contributed by atoms with Crippen LogP contribution in [0, 0.1) is 0 Å². The maximum Gasteiger partial charge on any atom is 0.253 e. The van der Waals surface area contributed by atoms with Crippen LogP contribution in [0.1, 0.15) is 23.2 Å². The Labute approximate surface area is 113 Å². The molecule has 0 saturated carbocycles. The fourth-order valence-electron chi connectivity index (χ4n) is 2.20. The number of pyridine rings is 1. The molecule has 0 N–H and O–H groups in total. The predicted molar refractivity (Wildman–Crippen MR) is 71.0 cm³/mol. The lowest BCUT2D eigenvalue weighted by atomic mass is 10.1. The summed E-state index contributed by atoms with van der Waals surface area (Å²) in [6.07, 6.45) is 5.32. The second kappa shape index (κ2) is 7.21. The van der Waals surface area contributed by atoms with Crippen LogP contribution in [-0.2, 0) is 9.47 Å². The normalized spacial score (nSPS) is 16.6. The van der Waals surface area contributed by atoms with Gasteiger partial charge in [0.2, 0.25) is 0 Å². The zero-order valence-electron chi connectivity index (χ0n) is 11.2. The summed E-state index contributed by atoms with van der Waals surface area (Å²) < 4.78 is 10.6. The Balaban J connectivity index is 1.78. The van der Waals surface area contributed by atoms with Gasteiger partial charge >= 0.3 is 0 Å². The molecule has 0 unspecified atom stereocenters. The zero-order valence-corrected chi connectivity index (χ0v) is 11.2. The van der Waals surface area contributed by atoms with Gasteiger partial charge in [0, 0.05) is 38.2 Å². The summed E-state index contributed by atoms with van der Waals surface area (Å²) >= 11 is 0. The highest BCUT2D eigenvalue weighted by Gasteiger charge is 2.23. The number of rotatable bonds is 5.